The van der Waals surface area contributed by atoms with Gasteiger partial charge < -0.3 is 9.47 Å². The van der Waals surface area contributed by atoms with E-state index in [0.29, 0.717) is 21.5 Å². The molecule has 0 bridgehead atoms. The number of ether oxygens (including phenoxy) is 2. The molecule has 4 rings (SSSR count). The maximum absolute atomic E-state index is 8.60. The van der Waals surface area contributed by atoms with Gasteiger partial charge in [-0.3, -0.25) is 14.5 Å². The molecule has 142 valence electrons. The van der Waals surface area contributed by atoms with Crippen LogP contribution in [0.1, 0.15) is 0 Å². The van der Waals surface area contributed by atoms with E-state index in [1.165, 1.54) is 0 Å². The van der Waals surface area contributed by atoms with Crippen molar-refractivity contribution in [3.63, 3.8) is 0 Å². The van der Waals surface area contributed by atoms with Gasteiger partial charge in [-0.05, 0) is 60.7 Å². The van der Waals surface area contributed by atoms with E-state index < -0.39 is 0 Å². The van der Waals surface area contributed by atoms with Crippen LogP contribution in [0.5, 0.6) is 11.5 Å². The van der Waals surface area contributed by atoms with Crippen LogP contribution in [0.3, 0.4) is 0 Å². The summed E-state index contributed by atoms with van der Waals surface area (Å²) in [4.78, 5) is 0. The van der Waals surface area contributed by atoms with Crippen LogP contribution in [0.25, 0.3) is 11.0 Å². The van der Waals surface area contributed by atoms with Crippen molar-refractivity contribution in [2.75, 3.05) is 0 Å². The van der Waals surface area contributed by atoms with Crippen molar-refractivity contribution in [1.29, 1.82) is 5.41 Å². The Balaban J connectivity index is 1.60. The first-order chi connectivity index (χ1) is 13.6. The van der Waals surface area contributed by atoms with Gasteiger partial charge in [0.2, 0.25) is 5.62 Å². The number of nitrogens with one attached hydrogen (secondary N) is 1. The Kier molecular flexibility index (Phi) is 5.28. The van der Waals surface area contributed by atoms with E-state index in [1.54, 1.807) is 57.7 Å². The van der Waals surface area contributed by atoms with Gasteiger partial charge in [0, 0.05) is 10.0 Å². The van der Waals surface area contributed by atoms with Gasteiger partial charge in [-0.1, -0.05) is 35.3 Å². The van der Waals surface area contributed by atoms with Crippen LogP contribution < -0.4 is 15.1 Å². The predicted octanol–water partition coefficient (Wildman–Crippen LogP) is 5.30. The SMILES string of the molecule is N=c1n(COc2ccc(Cl)cc2)c2ccccc2n1COc1ccc(Cl)cc1. The zero-order valence-electron chi connectivity index (χ0n) is 14.8. The molecule has 1 heterocycles. The molecule has 0 amide bonds. The molecule has 28 heavy (non-hydrogen) atoms. The zero-order chi connectivity index (χ0) is 19.5. The van der Waals surface area contributed by atoms with E-state index >= 15 is 0 Å². The molecule has 0 unspecified atom stereocenters. The molecule has 0 aliphatic rings. The summed E-state index contributed by atoms with van der Waals surface area (Å²) in [5.74, 6) is 1.37. The second kappa shape index (κ2) is 8.00. The molecule has 0 saturated heterocycles. The molecule has 0 radical (unpaired) electrons. The number of nitrogens with zero attached hydrogens (tertiary/aromatic N) is 2. The van der Waals surface area contributed by atoms with E-state index in [1.807, 2.05) is 24.3 Å². The standard InChI is InChI=1S/C21H17Cl2N3O2/c22-15-5-9-17(10-6-15)27-13-25-19-3-1-2-4-20(19)26(21(25)24)14-28-18-11-7-16(23)8-12-18/h1-12,24H,13-14H2. The molecule has 0 fully saturated rings. The first kappa shape index (κ1) is 18.5. The van der Waals surface area contributed by atoms with Gasteiger partial charge in [0.05, 0.1) is 11.0 Å². The van der Waals surface area contributed by atoms with E-state index in [-0.39, 0.29) is 19.1 Å². The number of hydrogen-bond acceptors (Lipinski definition) is 3. The van der Waals surface area contributed by atoms with Gasteiger partial charge >= 0.3 is 0 Å². The topological polar surface area (TPSA) is 52.2 Å². The lowest BCUT2D eigenvalue weighted by atomic mass is 10.3. The minimum atomic E-state index is 0.203. The molecule has 0 aliphatic heterocycles. The molecule has 1 aromatic heterocycles. The van der Waals surface area contributed by atoms with Crippen molar-refractivity contribution < 1.29 is 9.47 Å². The number of halogens is 2. The second-order valence-corrected chi connectivity index (χ2v) is 7.00. The molecule has 4 aromatic rings. The fourth-order valence-electron chi connectivity index (χ4n) is 2.90. The van der Waals surface area contributed by atoms with Crippen molar-refractivity contribution in [3.05, 3.63) is 88.5 Å². The van der Waals surface area contributed by atoms with E-state index in [0.717, 1.165) is 11.0 Å². The van der Waals surface area contributed by atoms with Gasteiger partial charge in [0.25, 0.3) is 0 Å². The lowest BCUT2D eigenvalue weighted by molar-refractivity contribution is 0.213. The quantitative estimate of drug-likeness (QED) is 0.466. The molecule has 0 atom stereocenters. The number of rotatable bonds is 6. The summed E-state index contributed by atoms with van der Waals surface area (Å²) in [6.45, 7) is 0.407. The Morgan fingerprint density at radius 3 is 1.43 bits per heavy atom. The fourth-order valence-corrected chi connectivity index (χ4v) is 3.15. The highest BCUT2D eigenvalue weighted by molar-refractivity contribution is 6.30. The number of imidazole rings is 1. The minimum Gasteiger partial charge on any atom is -0.473 e. The summed E-state index contributed by atoms with van der Waals surface area (Å²) in [6, 6.07) is 22.1. The van der Waals surface area contributed by atoms with Crippen molar-refractivity contribution in [2.45, 2.75) is 13.5 Å². The molecule has 0 spiro atoms. The Bertz CT molecular complexity index is 1060. The highest BCUT2D eigenvalue weighted by atomic mass is 35.5. The summed E-state index contributed by atoms with van der Waals surface area (Å²) < 4.78 is 15.3. The van der Waals surface area contributed by atoms with Gasteiger partial charge in [-0.2, -0.15) is 0 Å². The highest BCUT2D eigenvalue weighted by Crippen LogP contribution is 2.19. The Morgan fingerprint density at radius 2 is 1.04 bits per heavy atom. The fraction of sp³-hybridized carbons (Fsp3) is 0.0952. The maximum Gasteiger partial charge on any atom is 0.208 e. The first-order valence-electron chi connectivity index (χ1n) is 8.61. The molecule has 1 N–H and O–H groups in total. The average Bonchev–Trinajstić information content (AvgIpc) is 2.98. The highest BCUT2D eigenvalue weighted by Gasteiger charge is 2.11. The monoisotopic (exact) mass is 413 g/mol. The van der Waals surface area contributed by atoms with Crippen LogP contribution in [-0.2, 0) is 13.5 Å². The third-order valence-electron chi connectivity index (χ3n) is 4.32. The summed E-state index contributed by atoms with van der Waals surface area (Å²) in [5, 5.41) is 9.90. The minimum absolute atomic E-state index is 0.203. The van der Waals surface area contributed by atoms with Gasteiger partial charge in [-0.15, -0.1) is 0 Å². The van der Waals surface area contributed by atoms with Crippen LogP contribution in [0.15, 0.2) is 72.8 Å². The Labute approximate surface area is 171 Å². The Morgan fingerprint density at radius 1 is 0.643 bits per heavy atom. The van der Waals surface area contributed by atoms with E-state index in [4.69, 9.17) is 38.1 Å². The van der Waals surface area contributed by atoms with E-state index in [2.05, 4.69) is 0 Å². The molecule has 0 saturated carbocycles. The van der Waals surface area contributed by atoms with Crippen molar-refractivity contribution >= 4 is 34.2 Å². The average molecular weight is 414 g/mol. The lowest BCUT2D eigenvalue weighted by Gasteiger charge is -2.09. The maximum atomic E-state index is 8.60. The molecule has 7 heteroatoms. The molecular weight excluding hydrogens is 397 g/mol. The van der Waals surface area contributed by atoms with Crippen molar-refractivity contribution in [1.82, 2.24) is 9.13 Å². The molecular formula is C21H17Cl2N3O2. The first-order valence-corrected chi connectivity index (χ1v) is 9.37. The van der Waals surface area contributed by atoms with Crippen LogP contribution in [-0.4, -0.2) is 9.13 Å². The summed E-state index contributed by atoms with van der Waals surface area (Å²) in [5.41, 5.74) is 2.06. The van der Waals surface area contributed by atoms with Gasteiger partial charge in [0.15, 0.2) is 13.5 Å². The molecule has 5 nitrogen and oxygen atoms in total. The predicted molar refractivity (Wildman–Crippen MR) is 110 cm³/mol. The van der Waals surface area contributed by atoms with E-state index in [9.17, 15) is 0 Å². The number of benzene rings is 3. The van der Waals surface area contributed by atoms with Crippen molar-refractivity contribution in [3.8, 4) is 11.5 Å². The van der Waals surface area contributed by atoms with Crippen LogP contribution in [0.2, 0.25) is 10.0 Å². The zero-order valence-corrected chi connectivity index (χ0v) is 16.3. The van der Waals surface area contributed by atoms with Crippen LogP contribution in [0, 0.1) is 5.41 Å². The smallest absolute Gasteiger partial charge is 0.208 e. The number of aromatic nitrogens is 2. The lowest BCUT2D eigenvalue weighted by Crippen LogP contribution is -2.27. The van der Waals surface area contributed by atoms with Crippen LogP contribution in [0.4, 0.5) is 0 Å². The third kappa shape index (κ3) is 3.86. The molecule has 3 aromatic carbocycles. The summed E-state index contributed by atoms with van der Waals surface area (Å²) in [7, 11) is 0. The summed E-state index contributed by atoms with van der Waals surface area (Å²) >= 11 is 11.8. The summed E-state index contributed by atoms with van der Waals surface area (Å²) in [6.07, 6.45) is 0. The number of para-hydroxylation sites is 2. The number of hydrogen-bond donors (Lipinski definition) is 1. The van der Waals surface area contributed by atoms with Gasteiger partial charge in [0.1, 0.15) is 11.5 Å². The van der Waals surface area contributed by atoms with Gasteiger partial charge in [-0.25, -0.2) is 0 Å². The number of fused-ring (bicyclic) bond motifs is 1. The second-order valence-electron chi connectivity index (χ2n) is 6.12. The Hall–Kier alpha value is -2.89. The van der Waals surface area contributed by atoms with Crippen molar-refractivity contribution in [2.24, 2.45) is 0 Å². The van der Waals surface area contributed by atoms with Crippen LogP contribution >= 0.6 is 23.2 Å². The third-order valence-corrected chi connectivity index (χ3v) is 4.83. The largest absolute Gasteiger partial charge is 0.473 e. The normalized spacial score (nSPS) is 10.9. The molecule has 0 aliphatic carbocycles.